The lowest BCUT2D eigenvalue weighted by Gasteiger charge is -2.38. The van der Waals surface area contributed by atoms with Gasteiger partial charge in [-0.25, -0.2) is 0 Å². The van der Waals surface area contributed by atoms with Gasteiger partial charge in [0.2, 0.25) is 0 Å². The van der Waals surface area contributed by atoms with E-state index in [1.807, 2.05) is 32.9 Å². The zero-order valence-corrected chi connectivity index (χ0v) is 16.6. The largest absolute Gasteiger partial charge is 0.433 e. The minimum absolute atomic E-state index is 0.280. The van der Waals surface area contributed by atoms with Crippen LogP contribution in [-0.4, -0.2) is 6.11 Å². The zero-order chi connectivity index (χ0) is 18.8. The Kier molecular flexibility index (Phi) is 5.94. The lowest BCUT2D eigenvalue weighted by atomic mass is 9.71. The highest BCUT2D eigenvalue weighted by Gasteiger charge is 2.45. The Hall–Kier alpha value is -1.12. The van der Waals surface area contributed by atoms with E-state index in [9.17, 15) is 8.78 Å². The van der Waals surface area contributed by atoms with Crippen LogP contribution < -0.4 is 0 Å². The molecule has 0 N–H and O–H groups in total. The van der Waals surface area contributed by atoms with Gasteiger partial charge in [0.25, 0.3) is 0 Å². The van der Waals surface area contributed by atoms with Crippen LogP contribution in [0.15, 0.2) is 35.6 Å². The number of hydrogen-bond donors (Lipinski definition) is 0. The Bertz CT molecular complexity index is 571. The van der Waals surface area contributed by atoms with Crippen molar-refractivity contribution in [2.45, 2.75) is 84.7 Å². The summed E-state index contributed by atoms with van der Waals surface area (Å²) in [6.45, 7) is 6.01. The maximum absolute atomic E-state index is 14.8. The third-order valence-corrected chi connectivity index (χ3v) is 6.44. The first-order valence-electron chi connectivity index (χ1n) is 10.4. The van der Waals surface area contributed by atoms with Crippen LogP contribution in [0.4, 0.5) is 8.78 Å². The molecule has 1 nitrogen and oxygen atoms in total. The van der Waals surface area contributed by atoms with Crippen molar-refractivity contribution >= 4 is 0 Å². The highest BCUT2D eigenvalue weighted by Crippen LogP contribution is 2.45. The SMILES string of the molecule is CC1=CC(C)(C)C=C(OC(F)(F)C2CCC(C3CCCCC3)CC2)C=C1. The molecule has 0 aliphatic heterocycles. The molecule has 0 heterocycles. The van der Waals surface area contributed by atoms with Crippen LogP contribution in [0.5, 0.6) is 0 Å². The van der Waals surface area contributed by atoms with Crippen molar-refractivity contribution < 1.29 is 13.5 Å². The van der Waals surface area contributed by atoms with Crippen molar-refractivity contribution in [2.24, 2.45) is 23.2 Å². The Morgan fingerprint density at radius 1 is 0.885 bits per heavy atom. The van der Waals surface area contributed by atoms with Gasteiger partial charge in [0.1, 0.15) is 5.76 Å². The average molecular weight is 365 g/mol. The highest BCUT2D eigenvalue weighted by molar-refractivity contribution is 5.32. The maximum Gasteiger partial charge on any atom is 0.400 e. The van der Waals surface area contributed by atoms with Gasteiger partial charge in [0.05, 0.1) is 5.92 Å². The molecule has 3 rings (SSSR count). The fraction of sp³-hybridized carbons (Fsp3) is 0.739. The van der Waals surface area contributed by atoms with Gasteiger partial charge in [-0.2, -0.15) is 8.78 Å². The Balaban J connectivity index is 1.59. The van der Waals surface area contributed by atoms with Crippen molar-refractivity contribution in [3.63, 3.8) is 0 Å². The molecule has 26 heavy (non-hydrogen) atoms. The van der Waals surface area contributed by atoms with Crippen molar-refractivity contribution in [3.05, 3.63) is 35.6 Å². The van der Waals surface area contributed by atoms with Crippen molar-refractivity contribution in [1.29, 1.82) is 0 Å². The van der Waals surface area contributed by atoms with Gasteiger partial charge in [-0.3, -0.25) is 0 Å². The van der Waals surface area contributed by atoms with Gasteiger partial charge in [-0.05, 0) is 56.6 Å². The van der Waals surface area contributed by atoms with Crippen LogP contribution in [0.3, 0.4) is 0 Å². The van der Waals surface area contributed by atoms with E-state index in [1.165, 1.54) is 32.1 Å². The van der Waals surface area contributed by atoms with Crippen molar-refractivity contribution in [1.82, 2.24) is 0 Å². The maximum atomic E-state index is 14.8. The van der Waals surface area contributed by atoms with Crippen LogP contribution in [0.1, 0.15) is 78.6 Å². The smallest absolute Gasteiger partial charge is 0.400 e. The van der Waals surface area contributed by atoms with Crippen LogP contribution in [0, 0.1) is 23.2 Å². The normalized spacial score (nSPS) is 30.3. The van der Waals surface area contributed by atoms with E-state index in [2.05, 4.69) is 6.08 Å². The number of halogens is 2. The van der Waals surface area contributed by atoms with E-state index in [-0.39, 0.29) is 5.41 Å². The molecular weight excluding hydrogens is 330 g/mol. The monoisotopic (exact) mass is 364 g/mol. The molecule has 0 aromatic heterocycles. The van der Waals surface area contributed by atoms with E-state index in [1.54, 1.807) is 6.08 Å². The molecule has 0 saturated heterocycles. The number of allylic oxidation sites excluding steroid dienone is 5. The molecule has 2 saturated carbocycles. The Morgan fingerprint density at radius 2 is 1.50 bits per heavy atom. The molecule has 0 radical (unpaired) electrons. The molecule has 3 aliphatic rings. The van der Waals surface area contributed by atoms with Gasteiger partial charge in [-0.15, -0.1) is 0 Å². The first-order chi connectivity index (χ1) is 12.3. The summed E-state index contributed by atoms with van der Waals surface area (Å²) in [6, 6.07) is 0. The quantitative estimate of drug-likeness (QED) is 0.504. The second-order valence-electron chi connectivity index (χ2n) is 9.26. The molecule has 0 unspecified atom stereocenters. The number of hydrogen-bond acceptors (Lipinski definition) is 1. The second-order valence-corrected chi connectivity index (χ2v) is 9.26. The minimum atomic E-state index is -3.08. The molecule has 0 bridgehead atoms. The van der Waals surface area contributed by atoms with Crippen LogP contribution in [0.2, 0.25) is 0 Å². The van der Waals surface area contributed by atoms with E-state index >= 15 is 0 Å². The third-order valence-electron chi connectivity index (χ3n) is 6.44. The number of ether oxygens (including phenoxy) is 1. The van der Waals surface area contributed by atoms with Gasteiger partial charge < -0.3 is 4.74 Å². The molecule has 2 fully saturated rings. The van der Waals surface area contributed by atoms with E-state index in [0.717, 1.165) is 24.3 Å². The lowest BCUT2D eigenvalue weighted by Crippen LogP contribution is -2.35. The molecule has 146 valence electrons. The summed E-state index contributed by atoms with van der Waals surface area (Å²) in [4.78, 5) is 0. The van der Waals surface area contributed by atoms with Gasteiger partial charge in [-0.1, -0.05) is 63.7 Å². The van der Waals surface area contributed by atoms with Crippen molar-refractivity contribution in [3.8, 4) is 0 Å². The molecule has 0 spiro atoms. The van der Waals surface area contributed by atoms with Gasteiger partial charge >= 0.3 is 6.11 Å². The summed E-state index contributed by atoms with van der Waals surface area (Å²) in [7, 11) is 0. The summed E-state index contributed by atoms with van der Waals surface area (Å²) in [5, 5.41) is 0. The molecule has 0 aromatic rings. The fourth-order valence-corrected chi connectivity index (χ4v) is 5.14. The van der Waals surface area contributed by atoms with Crippen LogP contribution >= 0.6 is 0 Å². The van der Waals surface area contributed by atoms with Crippen molar-refractivity contribution in [2.75, 3.05) is 0 Å². The molecule has 0 aromatic carbocycles. The fourth-order valence-electron chi connectivity index (χ4n) is 5.14. The van der Waals surface area contributed by atoms with Crippen LogP contribution in [0.25, 0.3) is 0 Å². The molecule has 3 aliphatic carbocycles. The number of rotatable bonds is 4. The van der Waals surface area contributed by atoms with E-state index < -0.39 is 12.0 Å². The minimum Gasteiger partial charge on any atom is -0.433 e. The van der Waals surface area contributed by atoms with Gasteiger partial charge in [0.15, 0.2) is 0 Å². The molecule has 3 heteroatoms. The summed E-state index contributed by atoms with van der Waals surface area (Å²) < 4.78 is 34.9. The molecule has 0 amide bonds. The molecular formula is C23H34F2O. The summed E-state index contributed by atoms with van der Waals surface area (Å²) in [5.41, 5.74) is 0.790. The predicted molar refractivity (Wildman–Crippen MR) is 103 cm³/mol. The molecule has 0 atom stereocenters. The van der Waals surface area contributed by atoms with E-state index in [0.29, 0.717) is 24.5 Å². The standard InChI is InChI=1S/C23H34F2O/c1-17-9-14-21(16-22(2,3)15-17)26-23(24,25)20-12-10-19(11-13-20)18-7-5-4-6-8-18/h9,14-16,18-20H,4-8,10-13H2,1-3H3. The topological polar surface area (TPSA) is 9.23 Å². The summed E-state index contributed by atoms with van der Waals surface area (Å²) in [6.07, 6.45) is 14.0. The first kappa shape index (κ1) is 19.6. The van der Waals surface area contributed by atoms with Crippen LogP contribution in [-0.2, 0) is 4.74 Å². The zero-order valence-electron chi connectivity index (χ0n) is 16.6. The summed E-state index contributed by atoms with van der Waals surface area (Å²) >= 11 is 0. The highest BCUT2D eigenvalue weighted by atomic mass is 19.3. The predicted octanol–water partition coefficient (Wildman–Crippen LogP) is 7.41. The third kappa shape index (κ3) is 4.98. The second kappa shape index (κ2) is 7.86. The Morgan fingerprint density at radius 3 is 2.15 bits per heavy atom. The summed E-state index contributed by atoms with van der Waals surface area (Å²) in [5.74, 6) is 1.08. The van der Waals surface area contributed by atoms with E-state index in [4.69, 9.17) is 4.74 Å². The van der Waals surface area contributed by atoms with Gasteiger partial charge in [0, 0.05) is 5.41 Å². The average Bonchev–Trinajstić information content (AvgIpc) is 2.72. The number of alkyl halides is 2. The lowest BCUT2D eigenvalue weighted by molar-refractivity contribution is -0.254. The first-order valence-corrected chi connectivity index (χ1v) is 10.4. The Labute approximate surface area is 157 Å².